The summed E-state index contributed by atoms with van der Waals surface area (Å²) in [5.74, 6) is -0.343. The van der Waals surface area contributed by atoms with Gasteiger partial charge in [0.1, 0.15) is 0 Å². The highest BCUT2D eigenvalue weighted by molar-refractivity contribution is 6.01. The van der Waals surface area contributed by atoms with Crippen LogP contribution >= 0.6 is 0 Å². The summed E-state index contributed by atoms with van der Waals surface area (Å²) in [4.78, 5) is 49.0. The Morgan fingerprint density at radius 3 is 1.80 bits per heavy atom. The summed E-state index contributed by atoms with van der Waals surface area (Å²) in [6.45, 7) is 0.0220. The molecule has 2 N–H and O–H groups in total. The minimum Gasteiger partial charge on any atom is -0.348 e. The largest absolute Gasteiger partial charge is 0.348 e. The fourth-order valence-corrected chi connectivity index (χ4v) is 4.42. The molecule has 2 aliphatic rings. The number of Topliss-reactive ketones (excluding diaryl/α,β-unsaturated/α-hetero) is 2. The van der Waals surface area contributed by atoms with Crippen LogP contribution < -0.4 is 10.6 Å². The lowest BCUT2D eigenvalue weighted by Gasteiger charge is -2.20. The zero-order valence-electron chi connectivity index (χ0n) is 17.6. The maximum atomic E-state index is 12.3. The summed E-state index contributed by atoms with van der Waals surface area (Å²) < 4.78 is 0. The highest BCUT2D eigenvalue weighted by Crippen LogP contribution is 2.24. The van der Waals surface area contributed by atoms with Crippen LogP contribution in [0.25, 0.3) is 0 Å². The Morgan fingerprint density at radius 2 is 1.20 bits per heavy atom. The monoisotopic (exact) mass is 412 g/mol. The zero-order valence-corrected chi connectivity index (χ0v) is 17.6. The van der Waals surface area contributed by atoms with Gasteiger partial charge in [-0.15, -0.1) is 0 Å². The second-order valence-corrected chi connectivity index (χ2v) is 8.54. The first-order chi connectivity index (χ1) is 14.5. The fourth-order valence-electron chi connectivity index (χ4n) is 4.42. The summed E-state index contributed by atoms with van der Waals surface area (Å²) in [5, 5.41) is 5.44. The van der Waals surface area contributed by atoms with E-state index in [2.05, 4.69) is 10.6 Å². The quantitative estimate of drug-likeness (QED) is 0.640. The van der Waals surface area contributed by atoms with E-state index < -0.39 is 0 Å². The molecule has 0 radical (unpaired) electrons. The molecule has 6 heteroatoms. The SMILES string of the molecule is O=C(CNC(=O)C1CCCCC1)c1ccc(C(=O)NCC(=O)C2CCCCC2)cc1. The predicted octanol–water partition coefficient (Wildman–Crippen LogP) is 3.45. The molecule has 30 heavy (non-hydrogen) atoms. The van der Waals surface area contributed by atoms with Crippen LogP contribution in [0.15, 0.2) is 24.3 Å². The van der Waals surface area contributed by atoms with Crippen LogP contribution in [0.4, 0.5) is 0 Å². The first-order valence-electron chi connectivity index (χ1n) is 11.3. The molecule has 0 unspecified atom stereocenters. The van der Waals surface area contributed by atoms with Crippen molar-refractivity contribution in [1.82, 2.24) is 10.6 Å². The van der Waals surface area contributed by atoms with Gasteiger partial charge in [-0.2, -0.15) is 0 Å². The zero-order chi connectivity index (χ0) is 21.3. The molecule has 0 bridgehead atoms. The van der Waals surface area contributed by atoms with Gasteiger partial charge in [0, 0.05) is 23.0 Å². The van der Waals surface area contributed by atoms with Gasteiger partial charge < -0.3 is 10.6 Å². The Labute approximate surface area is 178 Å². The van der Waals surface area contributed by atoms with Gasteiger partial charge in [0.05, 0.1) is 13.1 Å². The van der Waals surface area contributed by atoms with E-state index in [0.29, 0.717) is 11.1 Å². The topological polar surface area (TPSA) is 92.3 Å². The fraction of sp³-hybridized carbons (Fsp3) is 0.583. The van der Waals surface area contributed by atoms with E-state index in [1.165, 1.54) is 12.8 Å². The lowest BCUT2D eigenvalue weighted by molar-refractivity contribution is -0.125. The first kappa shape index (κ1) is 22.2. The van der Waals surface area contributed by atoms with Crippen LogP contribution in [0.5, 0.6) is 0 Å². The Kier molecular flexibility index (Phi) is 8.17. The number of nitrogens with one attached hydrogen (secondary N) is 2. The van der Waals surface area contributed by atoms with E-state index in [1.807, 2.05) is 0 Å². The van der Waals surface area contributed by atoms with Crippen molar-refractivity contribution >= 4 is 23.4 Å². The molecule has 0 saturated heterocycles. The van der Waals surface area contributed by atoms with E-state index in [9.17, 15) is 19.2 Å². The van der Waals surface area contributed by atoms with E-state index >= 15 is 0 Å². The minimum atomic E-state index is -0.316. The number of hydrogen-bond acceptors (Lipinski definition) is 4. The van der Waals surface area contributed by atoms with Gasteiger partial charge in [-0.1, -0.05) is 50.7 Å². The lowest BCUT2D eigenvalue weighted by atomic mass is 9.86. The second-order valence-electron chi connectivity index (χ2n) is 8.54. The van der Waals surface area contributed by atoms with Crippen molar-refractivity contribution in [2.24, 2.45) is 11.8 Å². The number of benzene rings is 1. The average Bonchev–Trinajstić information content (AvgIpc) is 2.81. The van der Waals surface area contributed by atoms with Crippen molar-refractivity contribution in [2.45, 2.75) is 64.2 Å². The summed E-state index contributed by atoms with van der Waals surface area (Å²) in [5.41, 5.74) is 0.864. The van der Waals surface area contributed by atoms with E-state index in [-0.39, 0.29) is 48.3 Å². The third kappa shape index (κ3) is 6.25. The van der Waals surface area contributed by atoms with Gasteiger partial charge in [0.15, 0.2) is 11.6 Å². The number of rotatable bonds is 8. The van der Waals surface area contributed by atoms with Crippen molar-refractivity contribution < 1.29 is 19.2 Å². The van der Waals surface area contributed by atoms with Gasteiger partial charge in [0.2, 0.25) is 5.91 Å². The molecule has 0 atom stereocenters. The molecule has 0 aliphatic heterocycles. The Hall–Kier alpha value is -2.50. The van der Waals surface area contributed by atoms with Crippen LogP contribution in [-0.4, -0.2) is 36.5 Å². The highest BCUT2D eigenvalue weighted by Gasteiger charge is 2.22. The molecule has 1 aromatic carbocycles. The predicted molar refractivity (Wildman–Crippen MR) is 114 cm³/mol. The molecule has 3 rings (SSSR count). The molecule has 6 nitrogen and oxygen atoms in total. The van der Waals surface area contributed by atoms with Crippen molar-refractivity contribution in [3.05, 3.63) is 35.4 Å². The molecule has 2 saturated carbocycles. The van der Waals surface area contributed by atoms with Crippen molar-refractivity contribution in [2.75, 3.05) is 13.1 Å². The second kappa shape index (κ2) is 11.0. The summed E-state index contributed by atoms with van der Waals surface area (Å²) >= 11 is 0. The van der Waals surface area contributed by atoms with E-state index in [1.54, 1.807) is 24.3 Å². The number of carbonyl (C=O) groups is 4. The average molecular weight is 413 g/mol. The summed E-state index contributed by atoms with van der Waals surface area (Å²) in [7, 11) is 0. The molecule has 0 heterocycles. The molecular weight excluding hydrogens is 380 g/mol. The molecule has 2 amide bonds. The molecule has 2 aliphatic carbocycles. The lowest BCUT2D eigenvalue weighted by Crippen LogP contribution is -2.35. The Morgan fingerprint density at radius 1 is 0.667 bits per heavy atom. The van der Waals surface area contributed by atoms with Gasteiger partial charge in [-0.25, -0.2) is 0 Å². The number of ketones is 2. The third-order valence-corrected chi connectivity index (χ3v) is 6.35. The highest BCUT2D eigenvalue weighted by atomic mass is 16.2. The van der Waals surface area contributed by atoms with Gasteiger partial charge >= 0.3 is 0 Å². The summed E-state index contributed by atoms with van der Waals surface area (Å²) in [6, 6.07) is 6.34. The Balaban J connectivity index is 1.43. The normalized spacial score (nSPS) is 17.9. The van der Waals surface area contributed by atoms with Crippen molar-refractivity contribution in [3.8, 4) is 0 Å². The third-order valence-electron chi connectivity index (χ3n) is 6.35. The maximum Gasteiger partial charge on any atom is 0.251 e. The number of hydrogen-bond donors (Lipinski definition) is 2. The molecule has 0 spiro atoms. The Bertz CT molecular complexity index is 695. The van der Waals surface area contributed by atoms with Gasteiger partial charge in [-0.05, 0) is 37.8 Å². The molecule has 2 fully saturated rings. The van der Waals surface area contributed by atoms with Crippen LogP contribution in [0.2, 0.25) is 0 Å². The molecular formula is C24H32N2O4. The van der Waals surface area contributed by atoms with Crippen LogP contribution in [0, 0.1) is 11.8 Å². The summed E-state index contributed by atoms with van der Waals surface area (Å²) in [6.07, 6.45) is 10.3. The molecule has 1 aromatic rings. The molecule has 162 valence electrons. The van der Waals surface area contributed by atoms with Crippen LogP contribution in [0.3, 0.4) is 0 Å². The van der Waals surface area contributed by atoms with E-state index in [4.69, 9.17) is 0 Å². The number of amides is 2. The standard InChI is InChI=1S/C24H32N2O4/c27-21(17-7-3-1-4-8-17)15-26-24(30)20-13-11-18(12-14-20)22(28)16-25-23(29)19-9-5-2-6-10-19/h11-14,17,19H,1-10,15-16H2,(H,25,29)(H,26,30). The minimum absolute atomic E-state index is 0.0222. The maximum absolute atomic E-state index is 12.3. The van der Waals surface area contributed by atoms with Gasteiger partial charge in [0.25, 0.3) is 5.91 Å². The van der Waals surface area contributed by atoms with Crippen molar-refractivity contribution in [1.29, 1.82) is 0 Å². The van der Waals surface area contributed by atoms with Crippen LogP contribution in [0.1, 0.15) is 84.9 Å². The van der Waals surface area contributed by atoms with Crippen molar-refractivity contribution in [3.63, 3.8) is 0 Å². The van der Waals surface area contributed by atoms with Crippen LogP contribution in [-0.2, 0) is 9.59 Å². The van der Waals surface area contributed by atoms with E-state index in [0.717, 1.165) is 51.4 Å². The van der Waals surface area contributed by atoms with Gasteiger partial charge in [-0.3, -0.25) is 19.2 Å². The number of carbonyl (C=O) groups excluding carboxylic acids is 4. The smallest absolute Gasteiger partial charge is 0.251 e. The first-order valence-corrected chi connectivity index (χ1v) is 11.3. The molecule has 0 aromatic heterocycles.